The van der Waals surface area contributed by atoms with Crippen molar-refractivity contribution in [1.29, 1.82) is 0 Å². The van der Waals surface area contributed by atoms with E-state index in [0.717, 1.165) is 25.5 Å². The van der Waals surface area contributed by atoms with Crippen molar-refractivity contribution in [3.8, 4) is 0 Å². The average Bonchev–Trinajstić information content (AvgIpc) is 2.75. The molecule has 0 radical (unpaired) electrons. The van der Waals surface area contributed by atoms with E-state index in [9.17, 15) is 4.79 Å². The summed E-state index contributed by atoms with van der Waals surface area (Å²) in [5.41, 5.74) is 2.61. The molecule has 2 heterocycles. The third kappa shape index (κ3) is 6.02. The van der Waals surface area contributed by atoms with Gasteiger partial charge in [-0.05, 0) is 35.4 Å². The number of benzene rings is 1. The Hall–Kier alpha value is -2.47. The number of nitrogens with one attached hydrogen (secondary N) is 1. The number of aromatic nitrogens is 2. The largest absolute Gasteiger partial charge is 0.338 e. The summed E-state index contributed by atoms with van der Waals surface area (Å²) in [5.74, 6) is 1.96. The van der Waals surface area contributed by atoms with E-state index in [2.05, 4.69) is 72.1 Å². The van der Waals surface area contributed by atoms with E-state index in [1.54, 1.807) is 12.4 Å². The number of anilines is 1. The van der Waals surface area contributed by atoms with Crippen LogP contribution in [0.3, 0.4) is 0 Å². The van der Waals surface area contributed by atoms with Gasteiger partial charge in [0.05, 0.1) is 6.54 Å². The van der Waals surface area contributed by atoms with E-state index in [4.69, 9.17) is 0 Å². The van der Waals surface area contributed by atoms with E-state index in [1.807, 2.05) is 11.0 Å². The Labute approximate surface area is 180 Å². The van der Waals surface area contributed by atoms with Gasteiger partial charge in [-0.3, -0.25) is 4.79 Å². The fourth-order valence-corrected chi connectivity index (χ4v) is 3.99. The minimum atomic E-state index is 0.158. The first-order valence-electron chi connectivity index (χ1n) is 11.1. The number of amides is 1. The minimum absolute atomic E-state index is 0.158. The molecule has 1 amide bonds. The standard InChI is InChI=1S/C24H35N5O/c1-18(2)16-20-6-8-21(9-7-20)23(19(3)4)27-17-22(30)28-12-14-29(15-13-28)24-25-10-5-11-26-24/h5-11,18-19,23,27H,12-17H2,1-4H3. The van der Waals surface area contributed by atoms with Gasteiger partial charge < -0.3 is 15.1 Å². The maximum atomic E-state index is 12.8. The van der Waals surface area contributed by atoms with E-state index in [1.165, 1.54) is 11.1 Å². The van der Waals surface area contributed by atoms with Crippen molar-refractivity contribution in [2.24, 2.45) is 11.8 Å². The molecule has 0 saturated carbocycles. The van der Waals surface area contributed by atoms with E-state index in [-0.39, 0.29) is 11.9 Å². The average molecular weight is 410 g/mol. The van der Waals surface area contributed by atoms with Crippen LogP contribution in [0.15, 0.2) is 42.7 Å². The van der Waals surface area contributed by atoms with Crippen LogP contribution in [-0.4, -0.2) is 53.5 Å². The molecule has 1 aliphatic heterocycles. The van der Waals surface area contributed by atoms with Crippen LogP contribution in [0.5, 0.6) is 0 Å². The van der Waals surface area contributed by atoms with Crippen LogP contribution in [0, 0.1) is 11.8 Å². The van der Waals surface area contributed by atoms with Crippen molar-refractivity contribution in [3.05, 3.63) is 53.9 Å². The zero-order chi connectivity index (χ0) is 21.5. The van der Waals surface area contributed by atoms with Crippen molar-refractivity contribution >= 4 is 11.9 Å². The van der Waals surface area contributed by atoms with Crippen LogP contribution in [0.25, 0.3) is 0 Å². The van der Waals surface area contributed by atoms with Crippen LogP contribution in [0.1, 0.15) is 44.9 Å². The molecule has 30 heavy (non-hydrogen) atoms. The van der Waals surface area contributed by atoms with Gasteiger partial charge in [-0.1, -0.05) is 52.0 Å². The first-order chi connectivity index (χ1) is 14.4. The maximum Gasteiger partial charge on any atom is 0.236 e. The molecule has 1 aliphatic rings. The SMILES string of the molecule is CC(C)Cc1ccc(C(NCC(=O)N2CCN(c3ncccn3)CC2)C(C)C)cc1. The number of carbonyl (C=O) groups excluding carboxylic acids is 1. The Morgan fingerprint density at radius 2 is 1.63 bits per heavy atom. The number of hydrogen-bond acceptors (Lipinski definition) is 5. The second-order valence-electron chi connectivity index (χ2n) is 8.86. The van der Waals surface area contributed by atoms with Gasteiger partial charge in [0.25, 0.3) is 0 Å². The Morgan fingerprint density at radius 3 is 2.20 bits per heavy atom. The van der Waals surface area contributed by atoms with Crippen LogP contribution < -0.4 is 10.2 Å². The lowest BCUT2D eigenvalue weighted by atomic mass is 9.93. The number of hydrogen-bond donors (Lipinski definition) is 1. The minimum Gasteiger partial charge on any atom is -0.338 e. The Kier molecular flexibility index (Phi) is 7.80. The highest BCUT2D eigenvalue weighted by Gasteiger charge is 2.24. The predicted octanol–water partition coefficient (Wildman–Crippen LogP) is 3.31. The third-order valence-electron chi connectivity index (χ3n) is 5.59. The number of rotatable bonds is 8. The molecule has 0 spiro atoms. The topological polar surface area (TPSA) is 61.4 Å². The summed E-state index contributed by atoms with van der Waals surface area (Å²) in [6.07, 6.45) is 4.61. The smallest absolute Gasteiger partial charge is 0.236 e. The van der Waals surface area contributed by atoms with Crippen molar-refractivity contribution in [3.63, 3.8) is 0 Å². The van der Waals surface area contributed by atoms with Gasteiger partial charge in [-0.15, -0.1) is 0 Å². The lowest BCUT2D eigenvalue weighted by molar-refractivity contribution is -0.130. The maximum absolute atomic E-state index is 12.8. The molecule has 1 unspecified atom stereocenters. The highest BCUT2D eigenvalue weighted by atomic mass is 16.2. The summed E-state index contributed by atoms with van der Waals surface area (Å²) in [6.45, 7) is 12.2. The third-order valence-corrected chi connectivity index (χ3v) is 5.59. The second-order valence-corrected chi connectivity index (χ2v) is 8.86. The second kappa shape index (κ2) is 10.5. The molecule has 3 rings (SSSR count). The summed E-state index contributed by atoms with van der Waals surface area (Å²) in [7, 11) is 0. The fourth-order valence-electron chi connectivity index (χ4n) is 3.99. The molecule has 6 nitrogen and oxygen atoms in total. The molecule has 1 aromatic carbocycles. The van der Waals surface area contributed by atoms with Crippen molar-refractivity contribution in [1.82, 2.24) is 20.2 Å². The molecule has 162 valence electrons. The molecule has 0 aliphatic carbocycles. The van der Waals surface area contributed by atoms with E-state index in [0.29, 0.717) is 31.5 Å². The van der Waals surface area contributed by atoms with Crippen LogP contribution in [0.2, 0.25) is 0 Å². The molecule has 1 aromatic heterocycles. The van der Waals surface area contributed by atoms with Crippen LogP contribution in [-0.2, 0) is 11.2 Å². The fraction of sp³-hybridized carbons (Fsp3) is 0.542. The Morgan fingerprint density at radius 1 is 1.00 bits per heavy atom. The van der Waals surface area contributed by atoms with E-state index >= 15 is 0 Å². The highest BCUT2D eigenvalue weighted by Crippen LogP contribution is 2.23. The summed E-state index contributed by atoms with van der Waals surface area (Å²) in [5, 5.41) is 3.51. The van der Waals surface area contributed by atoms with E-state index < -0.39 is 0 Å². The molecule has 1 saturated heterocycles. The molecule has 2 aromatic rings. The predicted molar refractivity (Wildman–Crippen MR) is 121 cm³/mol. The summed E-state index contributed by atoms with van der Waals surface area (Å²) in [4.78, 5) is 25.5. The molecule has 6 heteroatoms. The molecule has 1 N–H and O–H groups in total. The molecular formula is C24H35N5O. The van der Waals surface area contributed by atoms with Gasteiger partial charge in [0.1, 0.15) is 0 Å². The number of nitrogens with zero attached hydrogens (tertiary/aromatic N) is 4. The first kappa shape index (κ1) is 22.2. The van der Waals surface area contributed by atoms with Crippen molar-refractivity contribution < 1.29 is 4.79 Å². The van der Waals surface area contributed by atoms with Gasteiger partial charge >= 0.3 is 0 Å². The van der Waals surface area contributed by atoms with Crippen LogP contribution >= 0.6 is 0 Å². The highest BCUT2D eigenvalue weighted by molar-refractivity contribution is 5.78. The summed E-state index contributed by atoms with van der Waals surface area (Å²) < 4.78 is 0. The first-order valence-corrected chi connectivity index (χ1v) is 11.1. The number of carbonyl (C=O) groups is 1. The Balaban J connectivity index is 1.52. The molecule has 1 atom stereocenters. The summed E-state index contributed by atoms with van der Waals surface area (Å²) in [6, 6.07) is 10.8. The normalized spacial score (nSPS) is 15.7. The van der Waals surface area contributed by atoms with Crippen molar-refractivity contribution in [2.75, 3.05) is 37.6 Å². The lowest BCUT2D eigenvalue weighted by Crippen LogP contribution is -2.51. The number of piperazine rings is 1. The molecular weight excluding hydrogens is 374 g/mol. The van der Waals surface area contributed by atoms with Gasteiger partial charge in [-0.25, -0.2) is 9.97 Å². The van der Waals surface area contributed by atoms with Gasteiger partial charge in [0.15, 0.2) is 0 Å². The zero-order valence-electron chi connectivity index (χ0n) is 18.7. The summed E-state index contributed by atoms with van der Waals surface area (Å²) >= 11 is 0. The zero-order valence-corrected chi connectivity index (χ0v) is 18.7. The quantitative estimate of drug-likeness (QED) is 0.725. The van der Waals surface area contributed by atoms with Crippen molar-refractivity contribution in [2.45, 2.75) is 40.2 Å². The van der Waals surface area contributed by atoms with Gasteiger partial charge in [0.2, 0.25) is 11.9 Å². The van der Waals surface area contributed by atoms with Crippen LogP contribution in [0.4, 0.5) is 5.95 Å². The molecule has 0 bridgehead atoms. The monoisotopic (exact) mass is 409 g/mol. The van der Waals surface area contributed by atoms with Gasteiger partial charge in [-0.2, -0.15) is 0 Å². The lowest BCUT2D eigenvalue weighted by Gasteiger charge is -2.35. The van der Waals surface area contributed by atoms with Gasteiger partial charge in [0, 0.05) is 44.6 Å². The molecule has 1 fully saturated rings. The Bertz CT molecular complexity index is 783.